The van der Waals surface area contributed by atoms with E-state index >= 15 is 0 Å². The molecule has 2 N–H and O–H groups in total. The van der Waals surface area contributed by atoms with Crippen LogP contribution in [0.5, 0.6) is 0 Å². The lowest BCUT2D eigenvalue weighted by molar-refractivity contribution is -0.383. The fourth-order valence-electron chi connectivity index (χ4n) is 1.39. The molecule has 0 spiro atoms. The van der Waals surface area contributed by atoms with Crippen LogP contribution in [-0.4, -0.2) is 30.2 Å². The van der Waals surface area contributed by atoms with Crippen molar-refractivity contribution in [2.45, 2.75) is 13.3 Å². The molecule has 19 heavy (non-hydrogen) atoms. The molecule has 0 atom stereocenters. The normalized spacial score (nSPS) is 11.0. The van der Waals surface area contributed by atoms with Gasteiger partial charge in [-0.25, -0.2) is 13.2 Å². The Morgan fingerprint density at radius 1 is 1.47 bits per heavy atom. The van der Waals surface area contributed by atoms with Crippen LogP contribution in [0.25, 0.3) is 0 Å². The minimum absolute atomic E-state index is 0.176. The summed E-state index contributed by atoms with van der Waals surface area (Å²) >= 11 is 0. The van der Waals surface area contributed by atoms with E-state index in [1.807, 2.05) is 0 Å². The van der Waals surface area contributed by atoms with E-state index < -0.39 is 26.6 Å². The van der Waals surface area contributed by atoms with Crippen LogP contribution in [0.4, 0.5) is 11.4 Å². The Morgan fingerprint density at radius 2 is 2.11 bits per heavy atom. The third-order valence-electron chi connectivity index (χ3n) is 2.18. The maximum absolute atomic E-state index is 11.5. The Hall–Kier alpha value is -2.16. The van der Waals surface area contributed by atoms with Gasteiger partial charge < -0.3 is 5.11 Å². The summed E-state index contributed by atoms with van der Waals surface area (Å²) in [4.78, 5) is 20.7. The van der Waals surface area contributed by atoms with E-state index in [4.69, 9.17) is 5.11 Å². The van der Waals surface area contributed by atoms with Crippen molar-refractivity contribution in [3.8, 4) is 0 Å². The summed E-state index contributed by atoms with van der Waals surface area (Å²) in [6, 6.07) is 2.97. The van der Waals surface area contributed by atoms with Crippen LogP contribution in [0.15, 0.2) is 18.2 Å². The van der Waals surface area contributed by atoms with Gasteiger partial charge in [-0.15, -0.1) is 0 Å². The zero-order valence-corrected chi connectivity index (χ0v) is 10.8. The van der Waals surface area contributed by atoms with E-state index in [0.29, 0.717) is 6.42 Å². The molecule has 1 rings (SSSR count). The van der Waals surface area contributed by atoms with Gasteiger partial charge in [0.2, 0.25) is 10.0 Å². The van der Waals surface area contributed by atoms with E-state index in [1.165, 1.54) is 0 Å². The third-order valence-corrected chi connectivity index (χ3v) is 3.66. The molecule has 0 aliphatic rings. The summed E-state index contributed by atoms with van der Waals surface area (Å²) in [6.45, 7) is 1.65. The van der Waals surface area contributed by atoms with E-state index in [0.717, 1.165) is 18.2 Å². The first-order valence-corrected chi connectivity index (χ1v) is 6.94. The minimum atomic E-state index is -3.68. The third kappa shape index (κ3) is 3.91. The predicted octanol–water partition coefficient (Wildman–Crippen LogP) is 1.44. The number of nitrogens with one attached hydrogen (secondary N) is 1. The van der Waals surface area contributed by atoms with E-state index in [1.54, 1.807) is 6.92 Å². The lowest BCUT2D eigenvalue weighted by Crippen LogP contribution is -2.17. The fraction of sp³-hybridized carbons (Fsp3) is 0.300. The molecule has 0 aliphatic carbocycles. The summed E-state index contributed by atoms with van der Waals surface area (Å²) in [5, 5.41) is 19.6. The lowest BCUT2D eigenvalue weighted by Gasteiger charge is -2.07. The van der Waals surface area contributed by atoms with Crippen molar-refractivity contribution in [2.75, 3.05) is 10.5 Å². The van der Waals surface area contributed by atoms with Gasteiger partial charge >= 0.3 is 5.97 Å². The van der Waals surface area contributed by atoms with Crippen LogP contribution < -0.4 is 4.72 Å². The number of hydrogen-bond donors (Lipinski definition) is 2. The molecule has 1 aromatic carbocycles. The number of nitro groups is 1. The quantitative estimate of drug-likeness (QED) is 0.602. The van der Waals surface area contributed by atoms with Gasteiger partial charge in [0.1, 0.15) is 5.69 Å². The SMILES string of the molecule is CCCS(=O)(=O)Nc1ccc(C(=O)O)cc1[N+](=O)[O-]. The number of carboxylic acids is 1. The number of sulfonamides is 1. The summed E-state index contributed by atoms with van der Waals surface area (Å²) in [5.74, 6) is -1.50. The largest absolute Gasteiger partial charge is 0.478 e. The molecule has 0 aromatic heterocycles. The fourth-order valence-corrected chi connectivity index (χ4v) is 2.54. The topological polar surface area (TPSA) is 127 Å². The standard InChI is InChI=1S/C10H12N2O6S/c1-2-5-19(17,18)11-8-4-3-7(10(13)14)6-9(8)12(15)16/h3-4,6,11H,2,5H2,1H3,(H,13,14). The van der Waals surface area contributed by atoms with Crippen LogP contribution in [0.2, 0.25) is 0 Å². The molecule has 1 aromatic rings. The first-order chi connectivity index (χ1) is 8.76. The minimum Gasteiger partial charge on any atom is -0.478 e. The highest BCUT2D eigenvalue weighted by Crippen LogP contribution is 2.26. The number of anilines is 1. The van der Waals surface area contributed by atoms with Crippen molar-refractivity contribution in [2.24, 2.45) is 0 Å². The van der Waals surface area contributed by atoms with Crippen LogP contribution in [0.1, 0.15) is 23.7 Å². The Kier molecular flexibility index (Phi) is 4.43. The van der Waals surface area contributed by atoms with Gasteiger partial charge in [0.15, 0.2) is 0 Å². The second-order valence-corrected chi connectivity index (χ2v) is 5.56. The number of aromatic carboxylic acids is 1. The monoisotopic (exact) mass is 288 g/mol. The highest BCUT2D eigenvalue weighted by molar-refractivity contribution is 7.92. The van der Waals surface area contributed by atoms with Crippen molar-refractivity contribution >= 4 is 27.4 Å². The molecule has 104 valence electrons. The van der Waals surface area contributed by atoms with Crippen molar-refractivity contribution in [3.05, 3.63) is 33.9 Å². The summed E-state index contributed by atoms with van der Waals surface area (Å²) in [7, 11) is -3.68. The second kappa shape index (κ2) is 5.65. The first kappa shape index (κ1) is 14.9. The number of benzene rings is 1. The number of hydrogen-bond acceptors (Lipinski definition) is 5. The van der Waals surface area contributed by atoms with Gasteiger partial charge in [0.05, 0.1) is 16.2 Å². The maximum Gasteiger partial charge on any atom is 0.335 e. The number of nitrogens with zero attached hydrogens (tertiary/aromatic N) is 1. The number of carboxylic acid groups (broad SMARTS) is 1. The first-order valence-electron chi connectivity index (χ1n) is 5.29. The predicted molar refractivity (Wildman–Crippen MR) is 67.8 cm³/mol. The molecule has 0 heterocycles. The van der Waals surface area contributed by atoms with Crippen LogP contribution in [0, 0.1) is 10.1 Å². The van der Waals surface area contributed by atoms with Gasteiger partial charge in [-0.1, -0.05) is 6.92 Å². The zero-order chi connectivity index (χ0) is 14.6. The molecule has 0 saturated carbocycles. The van der Waals surface area contributed by atoms with E-state index in [9.17, 15) is 23.3 Å². The second-order valence-electron chi connectivity index (χ2n) is 3.72. The molecule has 0 aliphatic heterocycles. The van der Waals surface area contributed by atoms with Gasteiger partial charge in [-0.3, -0.25) is 14.8 Å². The molecular formula is C10H12N2O6S. The highest BCUT2D eigenvalue weighted by atomic mass is 32.2. The number of rotatable bonds is 6. The smallest absolute Gasteiger partial charge is 0.335 e. The number of nitro benzene ring substituents is 1. The van der Waals surface area contributed by atoms with Gasteiger partial charge in [-0.2, -0.15) is 0 Å². The molecule has 9 heteroatoms. The van der Waals surface area contributed by atoms with Gasteiger partial charge in [0, 0.05) is 6.07 Å². The molecule has 0 fully saturated rings. The van der Waals surface area contributed by atoms with Crippen molar-refractivity contribution in [3.63, 3.8) is 0 Å². The summed E-state index contributed by atoms with van der Waals surface area (Å²) < 4.78 is 25.2. The Labute approximate surface area is 109 Å². The average Bonchev–Trinajstić information content (AvgIpc) is 2.27. The van der Waals surface area contributed by atoms with Crippen LogP contribution >= 0.6 is 0 Å². The Bertz CT molecular complexity index is 610. The average molecular weight is 288 g/mol. The molecule has 0 amide bonds. The molecule has 0 unspecified atom stereocenters. The van der Waals surface area contributed by atoms with Gasteiger partial charge in [-0.05, 0) is 18.6 Å². The highest BCUT2D eigenvalue weighted by Gasteiger charge is 2.20. The Balaban J connectivity index is 3.21. The lowest BCUT2D eigenvalue weighted by atomic mass is 10.2. The van der Waals surface area contributed by atoms with E-state index in [2.05, 4.69) is 4.72 Å². The van der Waals surface area contributed by atoms with Crippen molar-refractivity contribution in [1.82, 2.24) is 0 Å². The molecular weight excluding hydrogens is 276 g/mol. The zero-order valence-electron chi connectivity index (χ0n) is 9.99. The summed E-state index contributed by atoms with van der Waals surface area (Å²) in [5.41, 5.74) is -1.13. The Morgan fingerprint density at radius 3 is 2.58 bits per heavy atom. The van der Waals surface area contributed by atoms with Crippen molar-refractivity contribution < 1.29 is 23.2 Å². The van der Waals surface area contributed by atoms with E-state index in [-0.39, 0.29) is 17.0 Å². The molecule has 0 bridgehead atoms. The summed E-state index contributed by atoms with van der Waals surface area (Å²) in [6.07, 6.45) is 0.357. The van der Waals surface area contributed by atoms with Gasteiger partial charge in [0.25, 0.3) is 5.69 Å². The molecule has 0 radical (unpaired) electrons. The van der Waals surface area contributed by atoms with Crippen LogP contribution in [0.3, 0.4) is 0 Å². The number of carbonyl (C=O) groups is 1. The van der Waals surface area contributed by atoms with Crippen molar-refractivity contribution in [1.29, 1.82) is 0 Å². The van der Waals surface area contributed by atoms with Crippen LogP contribution in [-0.2, 0) is 10.0 Å². The maximum atomic E-state index is 11.5. The molecule has 0 saturated heterocycles. The molecule has 8 nitrogen and oxygen atoms in total.